The molecule has 1 saturated carbocycles. The molecule has 1 atom stereocenters. The second kappa shape index (κ2) is 8.75. The van der Waals surface area contributed by atoms with Crippen LogP contribution in [-0.2, 0) is 14.3 Å². The number of ether oxygens (including phenoxy) is 1. The van der Waals surface area contributed by atoms with Crippen LogP contribution in [0.4, 0.5) is 4.79 Å². The van der Waals surface area contributed by atoms with Crippen molar-refractivity contribution in [3.63, 3.8) is 0 Å². The van der Waals surface area contributed by atoms with Gasteiger partial charge in [0, 0.05) is 12.3 Å². The molecule has 0 aliphatic heterocycles. The fourth-order valence-corrected chi connectivity index (χ4v) is 4.24. The topological polar surface area (TPSA) is 105 Å². The first kappa shape index (κ1) is 21.4. The van der Waals surface area contributed by atoms with Gasteiger partial charge in [0.15, 0.2) is 0 Å². The average molecular weight is 432 g/mol. The highest BCUT2D eigenvalue weighted by Gasteiger charge is 2.46. The second-order valence-electron chi connectivity index (χ2n) is 8.27. The van der Waals surface area contributed by atoms with Gasteiger partial charge in [-0.2, -0.15) is 0 Å². The molecular formula is C25H24N2O5. The van der Waals surface area contributed by atoms with E-state index in [4.69, 9.17) is 16.3 Å². The number of carboxylic acids is 1. The summed E-state index contributed by atoms with van der Waals surface area (Å²) in [5, 5.41) is 14.3. The number of hydrogen-bond donors (Lipinski definition) is 3. The highest BCUT2D eigenvalue weighted by molar-refractivity contribution is 5.87. The molecule has 2 aliphatic carbocycles. The zero-order valence-electron chi connectivity index (χ0n) is 17.5. The van der Waals surface area contributed by atoms with Crippen molar-refractivity contribution in [2.75, 3.05) is 6.61 Å². The maximum atomic E-state index is 12.6. The van der Waals surface area contributed by atoms with Crippen molar-refractivity contribution in [1.82, 2.24) is 10.6 Å². The van der Waals surface area contributed by atoms with E-state index in [1.54, 1.807) is 0 Å². The quantitative estimate of drug-likeness (QED) is 0.556. The van der Waals surface area contributed by atoms with Crippen LogP contribution in [-0.4, -0.2) is 41.3 Å². The third-order valence-corrected chi connectivity index (χ3v) is 6.01. The summed E-state index contributed by atoms with van der Waals surface area (Å²) in [5.74, 6) is 0.788. The maximum absolute atomic E-state index is 12.6. The highest BCUT2D eigenvalue weighted by atomic mass is 16.5. The van der Waals surface area contributed by atoms with Gasteiger partial charge in [-0.15, -0.1) is 12.3 Å². The summed E-state index contributed by atoms with van der Waals surface area (Å²) in [5.41, 5.74) is 3.66. The fourth-order valence-electron chi connectivity index (χ4n) is 4.24. The van der Waals surface area contributed by atoms with Crippen molar-refractivity contribution < 1.29 is 24.2 Å². The molecule has 164 valence electrons. The number of carbonyl (C=O) groups is 3. The minimum absolute atomic E-state index is 0.0286. The number of carbonyl (C=O) groups excluding carboxylic acids is 2. The van der Waals surface area contributed by atoms with Crippen molar-refractivity contribution >= 4 is 18.0 Å². The van der Waals surface area contributed by atoms with Crippen LogP contribution in [0.2, 0.25) is 0 Å². The van der Waals surface area contributed by atoms with Crippen LogP contribution in [0.3, 0.4) is 0 Å². The zero-order valence-corrected chi connectivity index (χ0v) is 17.5. The molecule has 32 heavy (non-hydrogen) atoms. The van der Waals surface area contributed by atoms with Crippen LogP contribution in [0.15, 0.2) is 48.5 Å². The summed E-state index contributed by atoms with van der Waals surface area (Å²) >= 11 is 0. The van der Waals surface area contributed by atoms with Crippen LogP contribution < -0.4 is 10.6 Å². The molecule has 1 fully saturated rings. The van der Waals surface area contributed by atoms with E-state index in [0.717, 1.165) is 22.3 Å². The molecule has 0 heterocycles. The molecule has 3 N–H and O–H groups in total. The summed E-state index contributed by atoms with van der Waals surface area (Å²) in [6, 6.07) is 15.0. The molecule has 1 unspecified atom stereocenters. The number of alkyl carbamates (subject to hydrolysis) is 1. The molecule has 2 aliphatic rings. The zero-order chi connectivity index (χ0) is 22.7. The minimum atomic E-state index is -0.998. The van der Waals surface area contributed by atoms with Gasteiger partial charge in [0.1, 0.15) is 12.6 Å². The van der Waals surface area contributed by atoms with E-state index in [1.165, 1.54) is 0 Å². The molecule has 7 heteroatoms. The van der Waals surface area contributed by atoms with Crippen LogP contribution >= 0.6 is 0 Å². The van der Waals surface area contributed by atoms with Crippen molar-refractivity contribution in [2.45, 2.75) is 43.2 Å². The van der Waals surface area contributed by atoms with E-state index >= 15 is 0 Å². The summed E-state index contributed by atoms with van der Waals surface area (Å²) < 4.78 is 5.48. The van der Waals surface area contributed by atoms with E-state index in [9.17, 15) is 14.4 Å². The van der Waals surface area contributed by atoms with E-state index in [1.807, 2.05) is 48.5 Å². The second-order valence-corrected chi connectivity index (χ2v) is 8.27. The number of fused-ring (bicyclic) bond motifs is 3. The maximum Gasteiger partial charge on any atom is 0.407 e. The van der Waals surface area contributed by atoms with Crippen LogP contribution in [0.5, 0.6) is 0 Å². The molecule has 0 aromatic heterocycles. The molecule has 0 spiro atoms. The van der Waals surface area contributed by atoms with Gasteiger partial charge in [-0.25, -0.2) is 4.79 Å². The largest absolute Gasteiger partial charge is 0.481 e. The lowest BCUT2D eigenvalue weighted by molar-refractivity contribution is -0.138. The third-order valence-electron chi connectivity index (χ3n) is 6.01. The molecule has 0 radical (unpaired) electrons. The number of aliphatic carboxylic acids is 1. The van der Waals surface area contributed by atoms with Crippen molar-refractivity contribution in [3.8, 4) is 23.5 Å². The van der Waals surface area contributed by atoms with E-state index < -0.39 is 29.6 Å². The van der Waals surface area contributed by atoms with Crippen molar-refractivity contribution in [2.24, 2.45) is 0 Å². The van der Waals surface area contributed by atoms with Gasteiger partial charge in [-0.3, -0.25) is 9.59 Å². The molecule has 4 rings (SSSR count). The van der Waals surface area contributed by atoms with Gasteiger partial charge in [0.2, 0.25) is 5.91 Å². The lowest BCUT2D eigenvalue weighted by Gasteiger charge is -2.21. The number of benzene rings is 2. The first-order valence-corrected chi connectivity index (χ1v) is 10.5. The first-order valence-electron chi connectivity index (χ1n) is 10.5. The first-order chi connectivity index (χ1) is 15.4. The number of rotatable bonds is 8. The Morgan fingerprint density at radius 1 is 1.09 bits per heavy atom. The molecule has 2 amide bonds. The Morgan fingerprint density at radius 2 is 1.69 bits per heavy atom. The Labute approximate surface area is 186 Å². The summed E-state index contributed by atoms with van der Waals surface area (Å²) in [4.78, 5) is 36.1. The van der Waals surface area contributed by atoms with Crippen LogP contribution in [0.1, 0.15) is 42.7 Å². The van der Waals surface area contributed by atoms with Gasteiger partial charge in [-0.1, -0.05) is 48.5 Å². The predicted molar refractivity (Wildman–Crippen MR) is 118 cm³/mol. The Bertz CT molecular complexity index is 1050. The lowest BCUT2D eigenvalue weighted by atomic mass is 9.98. The summed E-state index contributed by atoms with van der Waals surface area (Å²) in [6.45, 7) is 0.118. The number of nitrogens with one attached hydrogen (secondary N) is 2. The van der Waals surface area contributed by atoms with Gasteiger partial charge >= 0.3 is 12.1 Å². The molecule has 7 nitrogen and oxygen atoms in total. The van der Waals surface area contributed by atoms with Gasteiger partial charge in [0.25, 0.3) is 0 Å². The van der Waals surface area contributed by atoms with Crippen molar-refractivity contribution in [3.05, 3.63) is 59.7 Å². The third kappa shape index (κ3) is 4.45. The van der Waals surface area contributed by atoms with Gasteiger partial charge in [0.05, 0.1) is 12.0 Å². The molecule has 2 aromatic rings. The molecule has 2 aromatic carbocycles. The smallest absolute Gasteiger partial charge is 0.407 e. The summed E-state index contributed by atoms with van der Waals surface area (Å²) in [7, 11) is 0. The fraction of sp³-hybridized carbons (Fsp3) is 0.320. The lowest BCUT2D eigenvalue weighted by Crippen LogP contribution is -2.51. The monoisotopic (exact) mass is 432 g/mol. The Morgan fingerprint density at radius 3 is 2.22 bits per heavy atom. The normalized spacial score (nSPS) is 16.1. The minimum Gasteiger partial charge on any atom is -0.481 e. The Balaban J connectivity index is 1.39. The predicted octanol–water partition coefficient (Wildman–Crippen LogP) is 3.04. The number of terminal acetylenes is 1. The summed E-state index contributed by atoms with van der Waals surface area (Å²) in [6.07, 6.45) is 5.60. The Kier molecular flexibility index (Phi) is 5.87. The average Bonchev–Trinajstić information content (AvgIpc) is 3.43. The standard InChI is InChI=1S/C25H24N2O5/c1-2-7-21(23(30)27-25(12-13-25)14-22(28)29)26-24(31)32-15-20-18-10-5-3-8-16(18)17-9-4-6-11-19(17)20/h1,3-6,8-11,20-21H,7,12-15H2,(H,26,31)(H,27,30)(H,28,29). The van der Waals surface area contributed by atoms with Gasteiger partial charge in [-0.05, 0) is 35.1 Å². The SMILES string of the molecule is C#CCC(NC(=O)OCC1c2ccccc2-c2ccccc21)C(=O)NC1(CC(=O)O)CC1. The molecule has 0 bridgehead atoms. The number of carboxylic acid groups (broad SMARTS) is 1. The highest BCUT2D eigenvalue weighted by Crippen LogP contribution is 2.44. The van der Waals surface area contributed by atoms with Crippen molar-refractivity contribution in [1.29, 1.82) is 0 Å². The van der Waals surface area contributed by atoms with E-state index in [2.05, 4.69) is 16.6 Å². The molecular weight excluding hydrogens is 408 g/mol. The molecule has 0 saturated heterocycles. The van der Waals surface area contributed by atoms with E-state index in [0.29, 0.717) is 12.8 Å². The van der Waals surface area contributed by atoms with Crippen LogP contribution in [0.25, 0.3) is 11.1 Å². The Hall–Kier alpha value is -3.79. The van der Waals surface area contributed by atoms with Crippen LogP contribution in [0, 0.1) is 12.3 Å². The van der Waals surface area contributed by atoms with Gasteiger partial charge < -0.3 is 20.5 Å². The number of hydrogen-bond acceptors (Lipinski definition) is 4. The number of amides is 2. The van der Waals surface area contributed by atoms with E-state index in [-0.39, 0.29) is 25.4 Å².